The van der Waals surface area contributed by atoms with Crippen molar-refractivity contribution < 1.29 is 133 Å². The van der Waals surface area contributed by atoms with Crippen molar-refractivity contribution in [2.24, 2.45) is 33.5 Å². The first-order valence-corrected chi connectivity index (χ1v) is 31.2. The van der Waals surface area contributed by atoms with Crippen LogP contribution in [0.5, 0.6) is 0 Å². The fourth-order valence-corrected chi connectivity index (χ4v) is 17.7. The molecule has 0 bridgehead atoms. The second kappa shape index (κ2) is 25.8. The molecule has 4 aliphatic carbocycles. The fourth-order valence-electron chi connectivity index (χ4n) is 17.7. The molecule has 2 saturated carbocycles. The SMILES string of the molecule is CCC(=O)[C@H]1C[C@@H](C)[C@]2(CC[C@@]3(C)C4=C(CC[C@@]32C)[C@@]2(C)CC[C@H](O[C@@H]3O[C@H](CO[C@@H]5OC[C@H](O)[C@H](O)[C@H]5O[C@@H]5O[C@H](CO)[C@@H](O)[C@H](O[C@@H]6O[C@H](CO)[C@@H](O)[C@H](O)[C@H]6O)[C@H]5O[C@@H]5O[C@@H](C)[C@H](O)[C@@H](O)[C@H]5O)[C@@H](O)[C@H](O)[C@H]3O)[C@](C)(CC(C)=O)[C@@H]2CC4)O1. The molecule has 8 fully saturated rings. The molecular weight excluding hydrogens is 1150 g/mol. The van der Waals surface area contributed by atoms with Crippen molar-refractivity contribution in [3.8, 4) is 0 Å². The van der Waals surface area contributed by atoms with Gasteiger partial charge in [0, 0.05) is 23.7 Å². The smallest absolute Gasteiger partial charge is 0.187 e. The number of hydrogen-bond donors (Lipinski definition) is 14. The topological polar surface area (TPSA) is 419 Å². The molecule has 27 heteroatoms. The van der Waals surface area contributed by atoms with Gasteiger partial charge in [0.1, 0.15) is 122 Å². The fraction of sp³-hybridized carbons (Fsp3) is 0.933. The minimum atomic E-state index is -2.06. The maximum absolute atomic E-state index is 13.5. The van der Waals surface area contributed by atoms with E-state index in [1.165, 1.54) is 25.0 Å². The highest BCUT2D eigenvalue weighted by molar-refractivity contribution is 5.83. The van der Waals surface area contributed by atoms with Crippen molar-refractivity contribution in [3.05, 3.63) is 11.1 Å². The van der Waals surface area contributed by atoms with Gasteiger partial charge in [-0.15, -0.1) is 0 Å². The average molecular weight is 1250 g/mol. The third-order valence-electron chi connectivity index (χ3n) is 22.9. The Morgan fingerprint density at radius 3 is 1.79 bits per heavy atom. The van der Waals surface area contributed by atoms with E-state index < -0.39 is 197 Å². The van der Waals surface area contributed by atoms with Gasteiger partial charge in [-0.3, -0.25) is 4.79 Å². The Hall–Kier alpha value is -1.92. The van der Waals surface area contributed by atoms with Crippen molar-refractivity contribution in [2.45, 2.75) is 291 Å². The number of carbonyl (C=O) groups is 2. The molecule has 0 unspecified atom stereocenters. The lowest BCUT2D eigenvalue weighted by molar-refractivity contribution is -0.406. The van der Waals surface area contributed by atoms with E-state index in [4.69, 9.17) is 52.1 Å². The summed E-state index contributed by atoms with van der Waals surface area (Å²) in [7, 11) is 0. The predicted octanol–water partition coefficient (Wildman–Crippen LogP) is -2.63. The molecule has 10 aliphatic rings. The molecule has 27 nitrogen and oxygen atoms in total. The maximum Gasteiger partial charge on any atom is 0.187 e. The second-order valence-corrected chi connectivity index (χ2v) is 27.6. The Bertz CT molecular complexity index is 2460. The van der Waals surface area contributed by atoms with E-state index in [1.807, 2.05) is 13.8 Å². The molecule has 6 saturated heterocycles. The van der Waals surface area contributed by atoms with Crippen molar-refractivity contribution in [1.29, 1.82) is 0 Å². The molecule has 14 N–H and O–H groups in total. The van der Waals surface area contributed by atoms with E-state index in [0.29, 0.717) is 19.3 Å². The number of fused-ring (bicyclic) bond motifs is 5. The Kier molecular flexibility index (Phi) is 20.1. The Balaban J connectivity index is 0.873. The highest BCUT2D eigenvalue weighted by atomic mass is 16.8. The van der Waals surface area contributed by atoms with Crippen LogP contribution in [-0.4, -0.2) is 275 Å². The van der Waals surface area contributed by atoms with Gasteiger partial charge in [-0.1, -0.05) is 52.7 Å². The monoisotopic (exact) mass is 1250 g/mol. The molecule has 0 radical (unpaired) electrons. The molecule has 0 aromatic rings. The summed E-state index contributed by atoms with van der Waals surface area (Å²) in [4.78, 5) is 26.6. The Morgan fingerprint density at radius 1 is 0.575 bits per heavy atom. The molecule has 6 aliphatic heterocycles. The van der Waals surface area contributed by atoms with Crippen LogP contribution in [-0.2, 0) is 61.7 Å². The van der Waals surface area contributed by atoms with Crippen LogP contribution in [0.1, 0.15) is 126 Å². The summed E-state index contributed by atoms with van der Waals surface area (Å²) in [6, 6.07) is 0. The van der Waals surface area contributed by atoms with Crippen LogP contribution in [0.4, 0.5) is 0 Å². The quantitative estimate of drug-likeness (QED) is 0.0663. The van der Waals surface area contributed by atoms with Gasteiger partial charge in [-0.25, -0.2) is 0 Å². The highest BCUT2D eigenvalue weighted by Gasteiger charge is 2.72. The summed E-state index contributed by atoms with van der Waals surface area (Å²) >= 11 is 0. The number of Topliss-reactive ketones (excluding diaryl/α,β-unsaturated/α-hetero) is 2. The number of ketones is 2. The zero-order chi connectivity index (χ0) is 63.4. The van der Waals surface area contributed by atoms with E-state index in [2.05, 4.69) is 27.7 Å². The number of aliphatic hydroxyl groups excluding tert-OH is 14. The average Bonchev–Trinajstić information content (AvgIpc) is 1.59. The van der Waals surface area contributed by atoms with Gasteiger partial charge in [0.15, 0.2) is 37.2 Å². The standard InChI is InChI=1S/C60H96O27/c1-9-29(64)31-18-24(2)60(87-31)17-16-58(7)28-10-11-35-56(5,27(28)12-15-59(58,60)8)14-13-36(57(35,6)19-25(3)63)83-52-46(75)44(73)40(69)34(82-52)23-78-54-49(38(67)30(65)22-77-54)85-55-50(86-51-45(74)42(71)37(66)26(4)79-51)48(41(70)33(21-62)81-55)84-53-47(76)43(72)39(68)32(20-61)80-53/h24,26,30-55,61-62,65-76H,9-23H2,1-8H3/t24-,26+,30+,31-,32-,33-,34-,35-,36+,37+,38+,39-,40-,41-,42-,43+,44+,45-,46-,47-,48+,49-,50-,51+,52+,53+,54+,55+,56-,57-,58+,59+,60+/m1/s1. The Labute approximate surface area is 505 Å². The predicted molar refractivity (Wildman–Crippen MR) is 294 cm³/mol. The first-order chi connectivity index (χ1) is 40.9. The van der Waals surface area contributed by atoms with Crippen molar-refractivity contribution in [3.63, 3.8) is 0 Å². The summed E-state index contributed by atoms with van der Waals surface area (Å²) < 4.78 is 67.6. The molecule has 33 atom stereocenters. The second-order valence-electron chi connectivity index (χ2n) is 27.6. The Morgan fingerprint density at radius 2 is 1.15 bits per heavy atom. The normalized spacial score (nSPS) is 53.6. The third kappa shape index (κ3) is 11.5. The third-order valence-corrected chi connectivity index (χ3v) is 22.9. The molecule has 10 rings (SSSR count). The van der Waals surface area contributed by atoms with Crippen LogP contribution < -0.4 is 0 Å². The van der Waals surface area contributed by atoms with Gasteiger partial charge in [0.05, 0.1) is 44.2 Å². The summed E-state index contributed by atoms with van der Waals surface area (Å²) in [5.74, 6) is 0.235. The van der Waals surface area contributed by atoms with Crippen LogP contribution in [0.3, 0.4) is 0 Å². The molecule has 0 amide bonds. The summed E-state index contributed by atoms with van der Waals surface area (Å²) in [5.41, 5.74) is 0.909. The summed E-state index contributed by atoms with van der Waals surface area (Å²) in [6.45, 7) is 13.1. The summed E-state index contributed by atoms with van der Waals surface area (Å²) in [5, 5.41) is 154. The van der Waals surface area contributed by atoms with Crippen molar-refractivity contribution in [2.75, 3.05) is 26.4 Å². The van der Waals surface area contributed by atoms with E-state index in [1.54, 1.807) is 0 Å². The van der Waals surface area contributed by atoms with Crippen LogP contribution in [0, 0.1) is 33.5 Å². The zero-order valence-corrected chi connectivity index (χ0v) is 50.8. The lowest BCUT2D eigenvalue weighted by Gasteiger charge is -2.64. The van der Waals surface area contributed by atoms with Crippen LogP contribution in [0.2, 0.25) is 0 Å². The number of hydrogen-bond acceptors (Lipinski definition) is 27. The molecule has 498 valence electrons. The number of rotatable bonds is 17. The zero-order valence-electron chi connectivity index (χ0n) is 50.8. The maximum atomic E-state index is 13.5. The van der Waals surface area contributed by atoms with Crippen molar-refractivity contribution >= 4 is 11.6 Å². The molecule has 0 aromatic heterocycles. The van der Waals surface area contributed by atoms with Crippen LogP contribution >= 0.6 is 0 Å². The number of aliphatic hydroxyl groups is 14. The highest BCUT2D eigenvalue weighted by Crippen LogP contribution is 2.75. The summed E-state index contributed by atoms with van der Waals surface area (Å²) in [6.07, 6.45) is -36.9. The number of allylic oxidation sites excluding steroid dienone is 2. The number of carbonyl (C=O) groups excluding carboxylic acids is 2. The van der Waals surface area contributed by atoms with E-state index in [0.717, 1.165) is 44.9 Å². The van der Waals surface area contributed by atoms with Crippen molar-refractivity contribution in [1.82, 2.24) is 0 Å². The van der Waals surface area contributed by atoms with E-state index in [9.17, 15) is 81.1 Å². The largest absolute Gasteiger partial charge is 0.394 e. The van der Waals surface area contributed by atoms with E-state index >= 15 is 0 Å². The lowest BCUT2D eigenvalue weighted by Crippen LogP contribution is -2.68. The minimum absolute atomic E-state index is 0.0624. The molecular formula is C60H96O27. The molecule has 6 heterocycles. The van der Waals surface area contributed by atoms with E-state index in [-0.39, 0.29) is 46.1 Å². The van der Waals surface area contributed by atoms with Gasteiger partial charge in [-0.2, -0.15) is 0 Å². The van der Waals surface area contributed by atoms with Gasteiger partial charge in [0.25, 0.3) is 0 Å². The van der Waals surface area contributed by atoms with Crippen LogP contribution in [0.15, 0.2) is 11.1 Å². The van der Waals surface area contributed by atoms with Gasteiger partial charge >= 0.3 is 0 Å². The molecule has 87 heavy (non-hydrogen) atoms. The minimum Gasteiger partial charge on any atom is -0.394 e. The first-order valence-electron chi connectivity index (χ1n) is 31.2. The lowest BCUT2D eigenvalue weighted by atomic mass is 9.42. The first kappa shape index (κ1) is 68.0. The molecule has 1 spiro atoms. The molecule has 0 aromatic carbocycles. The van der Waals surface area contributed by atoms with Gasteiger partial charge in [-0.05, 0) is 94.3 Å². The van der Waals surface area contributed by atoms with Gasteiger partial charge < -0.3 is 128 Å². The number of ether oxygens (including phenoxy) is 11. The van der Waals surface area contributed by atoms with Crippen LogP contribution in [0.25, 0.3) is 0 Å². The van der Waals surface area contributed by atoms with Gasteiger partial charge in [0.2, 0.25) is 0 Å².